The molecule has 2 aliphatic rings. The Balaban J connectivity index is 1.32. The van der Waals surface area contributed by atoms with Crippen molar-refractivity contribution in [3.63, 3.8) is 0 Å². The number of benzene rings is 2. The highest BCUT2D eigenvalue weighted by atomic mass is 32.2. The van der Waals surface area contributed by atoms with E-state index in [-0.39, 0.29) is 30.0 Å². The van der Waals surface area contributed by atoms with Gasteiger partial charge in [0.2, 0.25) is 10.0 Å². The molecule has 33 heavy (non-hydrogen) atoms. The second kappa shape index (κ2) is 10.2. The van der Waals surface area contributed by atoms with Gasteiger partial charge in [-0.05, 0) is 36.4 Å². The summed E-state index contributed by atoms with van der Waals surface area (Å²) in [5, 5.41) is 0. The van der Waals surface area contributed by atoms with Gasteiger partial charge in [0, 0.05) is 45.8 Å². The van der Waals surface area contributed by atoms with E-state index >= 15 is 0 Å². The molecular formula is C23H28FN3O5S. The molecule has 2 heterocycles. The Morgan fingerprint density at radius 2 is 1.76 bits per heavy atom. The molecule has 0 aliphatic carbocycles. The Hall–Kier alpha value is -2.53. The van der Waals surface area contributed by atoms with Gasteiger partial charge in [-0.3, -0.25) is 9.69 Å². The van der Waals surface area contributed by atoms with Gasteiger partial charge in [0.25, 0.3) is 5.91 Å². The third-order valence-corrected chi connectivity index (χ3v) is 7.89. The molecule has 2 fully saturated rings. The van der Waals surface area contributed by atoms with E-state index in [1.165, 1.54) is 16.4 Å². The first-order valence-electron chi connectivity index (χ1n) is 10.9. The van der Waals surface area contributed by atoms with E-state index in [0.29, 0.717) is 50.6 Å². The molecule has 1 unspecified atom stereocenters. The van der Waals surface area contributed by atoms with E-state index in [1.54, 1.807) is 24.1 Å². The smallest absolute Gasteiger partial charge is 0.257 e. The molecule has 10 heteroatoms. The molecule has 0 bridgehead atoms. The van der Waals surface area contributed by atoms with Crippen LogP contribution in [0.5, 0.6) is 5.75 Å². The second-order valence-electron chi connectivity index (χ2n) is 8.10. The van der Waals surface area contributed by atoms with E-state index in [9.17, 15) is 17.6 Å². The summed E-state index contributed by atoms with van der Waals surface area (Å²) in [6, 6.07) is 12.1. The van der Waals surface area contributed by atoms with Crippen molar-refractivity contribution in [1.82, 2.24) is 14.1 Å². The van der Waals surface area contributed by atoms with Crippen LogP contribution < -0.4 is 4.74 Å². The average Bonchev–Trinajstić information content (AvgIpc) is 2.84. The fourth-order valence-corrected chi connectivity index (χ4v) is 5.65. The summed E-state index contributed by atoms with van der Waals surface area (Å²) in [7, 11) is -2.16. The zero-order valence-electron chi connectivity index (χ0n) is 18.5. The van der Waals surface area contributed by atoms with Gasteiger partial charge in [0.15, 0.2) is 0 Å². The molecule has 2 aromatic rings. The molecule has 1 atom stereocenters. The van der Waals surface area contributed by atoms with Crippen molar-refractivity contribution in [2.24, 2.45) is 0 Å². The van der Waals surface area contributed by atoms with Crippen molar-refractivity contribution >= 4 is 15.9 Å². The maximum atomic E-state index is 13.2. The summed E-state index contributed by atoms with van der Waals surface area (Å²) in [6.45, 7) is 3.86. The molecule has 0 aromatic heterocycles. The third-order valence-electron chi connectivity index (χ3n) is 6.01. The normalized spacial score (nSPS) is 20.5. The third kappa shape index (κ3) is 5.35. The monoisotopic (exact) mass is 477 g/mol. The summed E-state index contributed by atoms with van der Waals surface area (Å²) in [4.78, 5) is 17.0. The van der Waals surface area contributed by atoms with Gasteiger partial charge in [-0.1, -0.05) is 12.1 Å². The molecule has 0 N–H and O–H groups in total. The summed E-state index contributed by atoms with van der Waals surface area (Å²) < 4.78 is 51.6. The largest absolute Gasteiger partial charge is 0.496 e. The van der Waals surface area contributed by atoms with Gasteiger partial charge < -0.3 is 14.4 Å². The Labute approximate surface area is 193 Å². The number of sulfonamides is 1. The van der Waals surface area contributed by atoms with Crippen LogP contribution in [0.3, 0.4) is 0 Å². The summed E-state index contributed by atoms with van der Waals surface area (Å²) in [5.41, 5.74) is 0.547. The molecule has 0 radical (unpaired) electrons. The molecule has 0 saturated carbocycles. The number of hydrogen-bond acceptors (Lipinski definition) is 6. The highest BCUT2D eigenvalue weighted by molar-refractivity contribution is 7.89. The van der Waals surface area contributed by atoms with Crippen molar-refractivity contribution < 1.29 is 27.1 Å². The van der Waals surface area contributed by atoms with Crippen LogP contribution in [-0.2, 0) is 14.8 Å². The Bertz CT molecular complexity index is 1070. The van der Waals surface area contributed by atoms with Crippen molar-refractivity contribution in [1.29, 1.82) is 0 Å². The summed E-state index contributed by atoms with van der Waals surface area (Å²) in [6.07, 6.45) is -0.273. The average molecular weight is 478 g/mol. The zero-order valence-corrected chi connectivity index (χ0v) is 19.3. The molecule has 2 aliphatic heterocycles. The Morgan fingerprint density at radius 1 is 1.06 bits per heavy atom. The number of para-hydroxylation sites is 1. The zero-order chi connectivity index (χ0) is 23.4. The van der Waals surface area contributed by atoms with Gasteiger partial charge in [-0.25, -0.2) is 12.8 Å². The molecule has 4 rings (SSSR count). The van der Waals surface area contributed by atoms with Crippen LogP contribution in [0, 0.1) is 5.82 Å². The fourth-order valence-electron chi connectivity index (χ4n) is 4.19. The second-order valence-corrected chi connectivity index (χ2v) is 10.0. The van der Waals surface area contributed by atoms with E-state index in [4.69, 9.17) is 9.47 Å². The van der Waals surface area contributed by atoms with Crippen molar-refractivity contribution in [2.45, 2.75) is 11.0 Å². The standard InChI is InChI=1S/C23H28FN3O5S/c1-31-22-5-3-2-4-21(22)23(28)26-12-10-25(11-13-26)16-19-17-27(14-15-32-19)33(29,30)20-8-6-18(24)7-9-20/h2-9,19H,10-17H2,1H3. The van der Waals surface area contributed by atoms with Gasteiger partial charge in [-0.2, -0.15) is 4.31 Å². The van der Waals surface area contributed by atoms with Crippen molar-refractivity contribution in [3.8, 4) is 5.75 Å². The maximum Gasteiger partial charge on any atom is 0.257 e. The first-order chi connectivity index (χ1) is 15.9. The number of carbonyl (C=O) groups is 1. The minimum absolute atomic E-state index is 0.0578. The van der Waals surface area contributed by atoms with Crippen LogP contribution in [0.1, 0.15) is 10.4 Å². The number of amides is 1. The molecule has 178 valence electrons. The lowest BCUT2D eigenvalue weighted by Crippen LogP contribution is -2.54. The number of nitrogens with zero attached hydrogens (tertiary/aromatic N) is 3. The van der Waals surface area contributed by atoms with Gasteiger partial charge >= 0.3 is 0 Å². The minimum atomic E-state index is -3.71. The number of carbonyl (C=O) groups excluding carboxylic acids is 1. The van der Waals surface area contributed by atoms with Crippen LogP contribution in [0.15, 0.2) is 53.4 Å². The van der Waals surface area contributed by atoms with E-state index in [0.717, 1.165) is 12.1 Å². The lowest BCUT2D eigenvalue weighted by atomic mass is 10.1. The number of halogens is 1. The van der Waals surface area contributed by atoms with Gasteiger partial charge in [0.1, 0.15) is 11.6 Å². The molecule has 2 aromatic carbocycles. The number of piperazine rings is 1. The first kappa shape index (κ1) is 23.6. The molecule has 0 spiro atoms. The number of rotatable bonds is 6. The highest BCUT2D eigenvalue weighted by Crippen LogP contribution is 2.22. The van der Waals surface area contributed by atoms with Crippen LogP contribution in [0.4, 0.5) is 4.39 Å². The molecule has 2 saturated heterocycles. The minimum Gasteiger partial charge on any atom is -0.496 e. The highest BCUT2D eigenvalue weighted by Gasteiger charge is 2.33. The topological polar surface area (TPSA) is 79.4 Å². The van der Waals surface area contributed by atoms with Crippen LogP contribution in [0.2, 0.25) is 0 Å². The van der Waals surface area contributed by atoms with Crippen LogP contribution >= 0.6 is 0 Å². The predicted molar refractivity (Wildman–Crippen MR) is 120 cm³/mol. The quantitative estimate of drug-likeness (QED) is 0.630. The van der Waals surface area contributed by atoms with Crippen molar-refractivity contribution in [3.05, 3.63) is 59.9 Å². The van der Waals surface area contributed by atoms with Crippen LogP contribution in [-0.4, -0.2) is 94.1 Å². The SMILES string of the molecule is COc1ccccc1C(=O)N1CCN(CC2CN(S(=O)(=O)c3ccc(F)cc3)CCO2)CC1. The lowest BCUT2D eigenvalue weighted by molar-refractivity contribution is -0.0257. The number of hydrogen-bond donors (Lipinski definition) is 0. The number of ether oxygens (including phenoxy) is 2. The Kier molecular flexibility index (Phi) is 7.28. The molecular weight excluding hydrogens is 449 g/mol. The van der Waals surface area contributed by atoms with E-state index in [2.05, 4.69) is 4.90 Å². The van der Waals surface area contributed by atoms with E-state index in [1.807, 2.05) is 12.1 Å². The Morgan fingerprint density at radius 3 is 2.45 bits per heavy atom. The number of methoxy groups -OCH3 is 1. The fraction of sp³-hybridized carbons (Fsp3) is 0.435. The van der Waals surface area contributed by atoms with E-state index < -0.39 is 15.8 Å². The molecule has 8 nitrogen and oxygen atoms in total. The lowest BCUT2D eigenvalue weighted by Gasteiger charge is -2.39. The van der Waals surface area contributed by atoms with Crippen LogP contribution in [0.25, 0.3) is 0 Å². The number of morpholine rings is 1. The van der Waals surface area contributed by atoms with Crippen molar-refractivity contribution in [2.75, 3.05) is 59.5 Å². The summed E-state index contributed by atoms with van der Waals surface area (Å²) in [5.74, 6) is 0.0257. The van der Waals surface area contributed by atoms with Gasteiger partial charge in [-0.15, -0.1) is 0 Å². The first-order valence-corrected chi connectivity index (χ1v) is 12.3. The molecule has 1 amide bonds. The summed E-state index contributed by atoms with van der Waals surface area (Å²) >= 11 is 0. The predicted octanol–water partition coefficient (Wildman–Crippen LogP) is 1.68. The van der Waals surface area contributed by atoms with Gasteiger partial charge in [0.05, 0.1) is 30.3 Å². The maximum absolute atomic E-state index is 13.2.